The van der Waals surface area contributed by atoms with Gasteiger partial charge in [-0.1, -0.05) is 133 Å². The summed E-state index contributed by atoms with van der Waals surface area (Å²) in [5.41, 5.74) is 5.44. The first kappa shape index (κ1) is 18.8. The number of hydrogen-bond donors (Lipinski definition) is 0. The van der Waals surface area contributed by atoms with E-state index in [4.69, 9.17) is 12.3 Å². The van der Waals surface area contributed by atoms with Gasteiger partial charge in [-0.25, -0.2) is 0 Å². The van der Waals surface area contributed by atoms with Crippen molar-refractivity contribution in [1.82, 2.24) is 9.13 Å². The Morgan fingerprint density at radius 3 is 1.90 bits per heavy atom. The number of nitrogens with zero attached hydrogens (tertiary/aromatic N) is 2. The molecule has 0 N–H and O–H groups in total. The highest BCUT2D eigenvalue weighted by atomic mass is 15.0. The average molecular weight is 649 g/mol. The standard InChI is InChI=1S/C48H32N2/c1-4-14-33(15-5-1)35-18-12-21-39(30-35)50-44-24-11-10-22-41(44)42-31-36(26-28-45(42)50)37-27-29-46-43(32-37)48-40(34-16-6-2-7-17-34)23-13-25-47(48)49(46)38-19-8-3-9-20-38/h1-32H/i2D,6D,7D,10D,11D,16D,17D,22D,24D,26D,28D,31D. The Hall–Kier alpha value is -6.64. The molecule has 234 valence electrons. The molecule has 0 amide bonds. The van der Waals surface area contributed by atoms with Crippen LogP contribution in [0.25, 0.3) is 88.4 Å². The molecule has 2 aromatic heterocycles. The molecule has 0 unspecified atom stereocenters. The number of benzene rings is 8. The zero-order valence-electron chi connectivity index (χ0n) is 38.4. The summed E-state index contributed by atoms with van der Waals surface area (Å²) < 4.78 is 111. The normalized spacial score (nSPS) is 15.0. The lowest BCUT2D eigenvalue weighted by molar-refractivity contribution is 1.18. The van der Waals surface area contributed by atoms with Crippen LogP contribution in [0.3, 0.4) is 0 Å². The van der Waals surface area contributed by atoms with Crippen molar-refractivity contribution in [1.29, 1.82) is 0 Å². The van der Waals surface area contributed by atoms with Gasteiger partial charge in [-0.15, -0.1) is 0 Å². The summed E-state index contributed by atoms with van der Waals surface area (Å²) in [6.07, 6.45) is 0. The minimum atomic E-state index is -0.507. The fraction of sp³-hybridized carbons (Fsp3) is 0. The van der Waals surface area contributed by atoms with E-state index in [2.05, 4.69) is 0 Å². The summed E-state index contributed by atoms with van der Waals surface area (Å²) in [5, 5.41) is 1.32. The molecule has 0 saturated heterocycles. The number of fused-ring (bicyclic) bond motifs is 6. The molecule has 50 heavy (non-hydrogen) atoms. The highest BCUT2D eigenvalue weighted by Gasteiger charge is 2.18. The van der Waals surface area contributed by atoms with Crippen LogP contribution in [0.5, 0.6) is 0 Å². The van der Waals surface area contributed by atoms with Crippen molar-refractivity contribution in [3.63, 3.8) is 0 Å². The quantitative estimate of drug-likeness (QED) is 0.176. The van der Waals surface area contributed by atoms with Crippen molar-refractivity contribution in [3.8, 4) is 44.8 Å². The van der Waals surface area contributed by atoms with Gasteiger partial charge in [-0.2, -0.15) is 0 Å². The van der Waals surface area contributed by atoms with Gasteiger partial charge >= 0.3 is 0 Å². The lowest BCUT2D eigenvalue weighted by Gasteiger charge is -2.11. The van der Waals surface area contributed by atoms with Crippen molar-refractivity contribution in [2.24, 2.45) is 0 Å². The van der Waals surface area contributed by atoms with Crippen LogP contribution in [0.1, 0.15) is 16.4 Å². The molecule has 2 nitrogen and oxygen atoms in total. The molecule has 0 atom stereocenters. The maximum Gasteiger partial charge on any atom is 0.0645 e. The molecule has 0 saturated carbocycles. The second kappa shape index (κ2) is 11.5. The zero-order valence-corrected chi connectivity index (χ0v) is 26.4. The third-order valence-corrected chi connectivity index (χ3v) is 9.23. The Morgan fingerprint density at radius 2 is 1.04 bits per heavy atom. The average Bonchev–Trinajstić information content (AvgIpc) is 3.83. The van der Waals surface area contributed by atoms with Gasteiger partial charge in [0.15, 0.2) is 0 Å². The van der Waals surface area contributed by atoms with Gasteiger partial charge in [0.05, 0.1) is 38.5 Å². The summed E-state index contributed by atoms with van der Waals surface area (Å²) >= 11 is 0. The van der Waals surface area contributed by atoms with Crippen molar-refractivity contribution >= 4 is 43.6 Å². The first-order chi connectivity index (χ1) is 29.8. The van der Waals surface area contributed by atoms with E-state index in [9.17, 15) is 4.11 Å². The summed E-state index contributed by atoms with van der Waals surface area (Å²) in [4.78, 5) is 0. The molecular formula is C48H32N2. The molecule has 0 aliphatic rings. The maximum absolute atomic E-state index is 9.87. The minimum absolute atomic E-state index is 0.0228. The largest absolute Gasteiger partial charge is 0.309 e. The van der Waals surface area contributed by atoms with Crippen molar-refractivity contribution in [2.45, 2.75) is 0 Å². The van der Waals surface area contributed by atoms with E-state index in [0.29, 0.717) is 38.6 Å². The van der Waals surface area contributed by atoms with Gasteiger partial charge in [0.2, 0.25) is 0 Å². The third kappa shape index (κ3) is 4.50. The predicted octanol–water partition coefficient (Wildman–Crippen LogP) is 12.9. The molecule has 2 heterocycles. The highest BCUT2D eigenvalue weighted by molar-refractivity contribution is 6.17. The molecule has 0 bridgehead atoms. The Bertz CT molecular complexity index is 3510. The molecule has 0 aliphatic carbocycles. The van der Waals surface area contributed by atoms with Gasteiger partial charge in [0, 0.05) is 32.9 Å². The molecular weight excluding hydrogens is 605 g/mol. The first-order valence-corrected chi connectivity index (χ1v) is 16.2. The van der Waals surface area contributed by atoms with Crippen LogP contribution in [0.15, 0.2) is 194 Å². The van der Waals surface area contributed by atoms with Crippen LogP contribution >= 0.6 is 0 Å². The number of rotatable bonds is 5. The Morgan fingerprint density at radius 1 is 0.360 bits per heavy atom. The SMILES string of the molecule is [2H]c1c([2H])c([2H])c(-c2cccc3c2c2cc(-c4c([2H])c([2H])c5c(c4[2H])c4c([2H])c([2H])c([2H])c([2H])c4n5-c4cccc(-c5ccccc5)c4)ccc2n3-c2ccccc2)c([2H])c1[2H]. The first-order valence-electron chi connectivity index (χ1n) is 22.2. The third-order valence-electron chi connectivity index (χ3n) is 9.23. The summed E-state index contributed by atoms with van der Waals surface area (Å²) in [5.74, 6) is 0. The summed E-state index contributed by atoms with van der Waals surface area (Å²) in [6, 6.07) is 32.7. The number of hydrogen-bond acceptors (Lipinski definition) is 0. The van der Waals surface area contributed by atoms with Crippen LogP contribution in [-0.4, -0.2) is 9.13 Å². The molecule has 0 aliphatic heterocycles. The minimum Gasteiger partial charge on any atom is -0.309 e. The van der Waals surface area contributed by atoms with Crippen LogP contribution in [0, 0.1) is 0 Å². The highest BCUT2D eigenvalue weighted by Crippen LogP contribution is 2.41. The Kier molecular flexibility index (Phi) is 4.32. The van der Waals surface area contributed by atoms with Crippen LogP contribution in [0.4, 0.5) is 0 Å². The fourth-order valence-electron chi connectivity index (χ4n) is 7.05. The van der Waals surface area contributed by atoms with Gasteiger partial charge in [0.25, 0.3) is 0 Å². The Labute approximate surface area is 307 Å². The predicted molar refractivity (Wildman–Crippen MR) is 211 cm³/mol. The molecule has 2 heteroatoms. The molecule has 0 spiro atoms. The second-order valence-corrected chi connectivity index (χ2v) is 12.1. The van der Waals surface area contributed by atoms with Crippen molar-refractivity contribution in [2.75, 3.05) is 0 Å². The lowest BCUT2D eigenvalue weighted by atomic mass is 9.97. The van der Waals surface area contributed by atoms with E-state index in [0.717, 1.165) is 16.8 Å². The zero-order chi connectivity index (χ0) is 43.5. The molecule has 8 aromatic carbocycles. The molecule has 10 aromatic rings. The van der Waals surface area contributed by atoms with Crippen LogP contribution < -0.4 is 0 Å². The van der Waals surface area contributed by atoms with Gasteiger partial charge in [-0.3, -0.25) is 0 Å². The smallest absolute Gasteiger partial charge is 0.0645 e. The van der Waals surface area contributed by atoms with Gasteiger partial charge in [-0.05, 0) is 94.0 Å². The van der Waals surface area contributed by atoms with Crippen molar-refractivity contribution < 1.29 is 16.4 Å². The summed E-state index contributed by atoms with van der Waals surface area (Å²) in [6.45, 7) is 0. The maximum atomic E-state index is 9.87. The molecule has 0 fully saturated rings. The van der Waals surface area contributed by atoms with E-state index in [-0.39, 0.29) is 75.2 Å². The van der Waals surface area contributed by atoms with E-state index in [1.807, 2.05) is 95.6 Å². The lowest BCUT2D eigenvalue weighted by Crippen LogP contribution is -1.94. The van der Waals surface area contributed by atoms with Gasteiger partial charge in [0.1, 0.15) is 0 Å². The van der Waals surface area contributed by atoms with Gasteiger partial charge < -0.3 is 9.13 Å². The summed E-state index contributed by atoms with van der Waals surface area (Å²) in [7, 11) is 0. The van der Waals surface area contributed by atoms with E-state index in [1.165, 1.54) is 0 Å². The van der Waals surface area contributed by atoms with E-state index in [1.54, 1.807) is 34.9 Å². The molecule has 10 rings (SSSR count). The molecule has 0 radical (unpaired) electrons. The monoisotopic (exact) mass is 648 g/mol. The Balaban J connectivity index is 1.32. The van der Waals surface area contributed by atoms with E-state index >= 15 is 0 Å². The number of para-hydroxylation sites is 2. The second-order valence-electron chi connectivity index (χ2n) is 12.1. The number of aromatic nitrogens is 2. The fourth-order valence-corrected chi connectivity index (χ4v) is 7.05. The van der Waals surface area contributed by atoms with E-state index < -0.39 is 30.2 Å². The van der Waals surface area contributed by atoms with Crippen LogP contribution in [-0.2, 0) is 0 Å². The van der Waals surface area contributed by atoms with Crippen LogP contribution in [0.2, 0.25) is 0 Å². The van der Waals surface area contributed by atoms with Crippen molar-refractivity contribution in [3.05, 3.63) is 194 Å². The topological polar surface area (TPSA) is 9.86 Å².